The third kappa shape index (κ3) is 3.40. The minimum absolute atomic E-state index is 0.0170. The summed E-state index contributed by atoms with van der Waals surface area (Å²) in [6.07, 6.45) is 12.8. The van der Waals surface area contributed by atoms with Crippen molar-refractivity contribution in [3.63, 3.8) is 0 Å². The lowest BCUT2D eigenvalue weighted by atomic mass is 9.32. The number of aliphatic hydroxyl groups excluding tert-OH is 1. The van der Waals surface area contributed by atoms with Gasteiger partial charge < -0.3 is 19.7 Å². The molecule has 0 amide bonds. The highest BCUT2D eigenvalue weighted by Gasteiger charge is 2.74. The molecule has 2 bridgehead atoms. The van der Waals surface area contributed by atoms with Crippen molar-refractivity contribution in [2.45, 2.75) is 70.5 Å². The third-order valence-corrected chi connectivity index (χ3v) is 12.9. The number of ketones is 1. The van der Waals surface area contributed by atoms with E-state index in [1.54, 1.807) is 7.11 Å². The van der Waals surface area contributed by atoms with Gasteiger partial charge in [0.25, 0.3) is 0 Å². The number of carbonyl (C=O) groups excluding carboxylic acids is 1. The molecule has 3 saturated carbocycles. The zero-order valence-corrected chi connectivity index (χ0v) is 24.3. The van der Waals surface area contributed by atoms with Crippen LogP contribution in [0.15, 0.2) is 48.1 Å². The average Bonchev–Trinajstić information content (AvgIpc) is 3.23. The van der Waals surface area contributed by atoms with Crippen molar-refractivity contribution in [3.05, 3.63) is 53.6 Å². The smallest absolute Gasteiger partial charge is 0.189 e. The van der Waals surface area contributed by atoms with E-state index in [9.17, 15) is 15.0 Å². The van der Waals surface area contributed by atoms with E-state index in [2.05, 4.69) is 37.0 Å². The van der Waals surface area contributed by atoms with E-state index < -0.39 is 11.0 Å². The number of hydrogen-bond acceptors (Lipinski definition) is 6. The molecule has 2 N–H and O–H groups in total. The van der Waals surface area contributed by atoms with Crippen LogP contribution < -0.4 is 4.74 Å². The summed E-state index contributed by atoms with van der Waals surface area (Å²) in [6, 6.07) is 7.51. The van der Waals surface area contributed by atoms with Crippen molar-refractivity contribution in [3.8, 4) is 5.75 Å². The SMILES string of the molecule is COc1ccc(C(=O)C2=C[C@@]34C=C[C@@]25[C@@H]2CC[C@@](O)(CN6CCOCC6)[C@@]2(C)CC[C@@H]5[C@@]3(C)CCC(O)C4)cc1. The minimum atomic E-state index is -0.799. The van der Waals surface area contributed by atoms with Gasteiger partial charge in [-0.25, -0.2) is 0 Å². The van der Waals surface area contributed by atoms with E-state index in [-0.39, 0.29) is 34.1 Å². The molecule has 0 aromatic heterocycles. The second kappa shape index (κ2) is 9.00. The Morgan fingerprint density at radius 1 is 1.00 bits per heavy atom. The molecule has 216 valence electrons. The quantitative estimate of drug-likeness (QED) is 0.407. The van der Waals surface area contributed by atoms with Gasteiger partial charge in [0.1, 0.15) is 5.75 Å². The van der Waals surface area contributed by atoms with Crippen molar-refractivity contribution in [1.29, 1.82) is 0 Å². The highest BCUT2D eigenvalue weighted by Crippen LogP contribution is 2.78. The van der Waals surface area contributed by atoms with Crippen molar-refractivity contribution in [2.75, 3.05) is 40.0 Å². The standard InChI is InChI=1S/C34H45NO5/c1-30-11-8-24(36)20-32(30)14-15-34(26(21-32)29(37)23-4-6-25(39-3)7-5-23)27(30)9-12-31(2)28(34)10-13-33(31,38)22-35-16-18-40-19-17-35/h4-7,14-15,21,24,27-28,36,38H,8-13,16-20,22H2,1-3H3/t24?,27-,28-,30-,31+,32+,33-,34-/m1/s1. The molecule has 2 spiro atoms. The molecule has 1 saturated heterocycles. The lowest BCUT2D eigenvalue weighted by molar-refractivity contribution is -0.178. The fourth-order valence-corrected chi connectivity index (χ4v) is 10.6. The molecule has 6 heteroatoms. The van der Waals surface area contributed by atoms with E-state index in [0.717, 1.165) is 76.2 Å². The lowest BCUT2D eigenvalue weighted by Crippen LogP contribution is -2.67. The number of nitrogens with zero attached hydrogens (tertiary/aromatic N) is 1. The Labute approximate surface area is 238 Å². The molecular weight excluding hydrogens is 502 g/mol. The Hall–Kier alpha value is -1.99. The fraction of sp³-hybridized carbons (Fsp3) is 0.676. The third-order valence-electron chi connectivity index (χ3n) is 12.9. The minimum Gasteiger partial charge on any atom is -0.497 e. The van der Waals surface area contributed by atoms with Crippen LogP contribution in [0.25, 0.3) is 0 Å². The zero-order valence-electron chi connectivity index (χ0n) is 24.3. The Morgan fingerprint density at radius 2 is 1.68 bits per heavy atom. The van der Waals surface area contributed by atoms with Crippen molar-refractivity contribution >= 4 is 5.78 Å². The maximum Gasteiger partial charge on any atom is 0.189 e. The number of rotatable bonds is 5. The van der Waals surface area contributed by atoms with Gasteiger partial charge in [0.2, 0.25) is 0 Å². The average molecular weight is 548 g/mol. The van der Waals surface area contributed by atoms with Crippen LogP contribution in [0.1, 0.15) is 69.2 Å². The lowest BCUT2D eigenvalue weighted by Gasteiger charge is -2.71. The summed E-state index contributed by atoms with van der Waals surface area (Å²) in [7, 11) is 1.64. The molecule has 8 rings (SSSR count). The topological polar surface area (TPSA) is 79.2 Å². The number of Topliss-reactive ketones (excluding diaryl/α,β-unsaturated/α-hetero) is 1. The summed E-state index contributed by atoms with van der Waals surface area (Å²) in [6.45, 7) is 8.60. The van der Waals surface area contributed by atoms with Gasteiger partial charge in [-0.1, -0.05) is 32.1 Å². The first-order valence-electron chi connectivity index (χ1n) is 15.4. The van der Waals surface area contributed by atoms with E-state index in [1.807, 2.05) is 24.3 Å². The second-order valence-electron chi connectivity index (χ2n) is 14.3. The number of morpholine rings is 1. The molecule has 4 fully saturated rings. The summed E-state index contributed by atoms with van der Waals surface area (Å²) < 4.78 is 11.0. The summed E-state index contributed by atoms with van der Waals surface area (Å²) in [5.41, 5.74) is -0.257. The van der Waals surface area contributed by atoms with Gasteiger partial charge >= 0.3 is 0 Å². The summed E-state index contributed by atoms with van der Waals surface area (Å²) in [5.74, 6) is 1.31. The molecule has 6 aliphatic carbocycles. The van der Waals surface area contributed by atoms with Gasteiger partial charge in [-0.3, -0.25) is 9.69 Å². The number of hydrogen-bond donors (Lipinski definition) is 2. The fourth-order valence-electron chi connectivity index (χ4n) is 10.6. The Kier molecular flexibility index (Phi) is 6.05. The number of fused-ring (bicyclic) bond motifs is 1. The van der Waals surface area contributed by atoms with Gasteiger partial charge in [0.05, 0.1) is 32.0 Å². The molecule has 7 aliphatic rings. The molecule has 1 aromatic carbocycles. The first-order valence-corrected chi connectivity index (χ1v) is 15.4. The molecule has 1 aliphatic heterocycles. The van der Waals surface area contributed by atoms with Crippen LogP contribution in [0.4, 0.5) is 0 Å². The maximum atomic E-state index is 14.6. The molecule has 1 heterocycles. The molecule has 6 nitrogen and oxygen atoms in total. The number of benzene rings is 1. The van der Waals surface area contributed by atoms with E-state index >= 15 is 0 Å². The Bertz CT molecular complexity index is 1250. The number of carbonyl (C=O) groups is 1. The van der Waals surface area contributed by atoms with E-state index in [0.29, 0.717) is 24.4 Å². The molecule has 8 atom stereocenters. The van der Waals surface area contributed by atoms with E-state index in [4.69, 9.17) is 9.47 Å². The van der Waals surface area contributed by atoms with Gasteiger partial charge in [-0.05, 0) is 86.5 Å². The van der Waals surface area contributed by atoms with Crippen LogP contribution >= 0.6 is 0 Å². The van der Waals surface area contributed by atoms with Gasteiger partial charge in [-0.2, -0.15) is 0 Å². The van der Waals surface area contributed by atoms with Gasteiger partial charge in [0.15, 0.2) is 5.78 Å². The number of aliphatic hydroxyl groups is 2. The van der Waals surface area contributed by atoms with E-state index in [1.165, 1.54) is 0 Å². The molecular formula is C34H45NO5. The van der Waals surface area contributed by atoms with Gasteiger partial charge in [0, 0.05) is 47.0 Å². The van der Waals surface area contributed by atoms with Crippen molar-refractivity contribution in [2.24, 2.45) is 33.5 Å². The van der Waals surface area contributed by atoms with Crippen LogP contribution in [0.5, 0.6) is 5.75 Å². The second-order valence-corrected chi connectivity index (χ2v) is 14.3. The predicted molar refractivity (Wildman–Crippen MR) is 153 cm³/mol. The number of methoxy groups -OCH3 is 1. The van der Waals surface area contributed by atoms with Crippen molar-refractivity contribution < 1.29 is 24.5 Å². The summed E-state index contributed by atoms with van der Waals surface area (Å²) >= 11 is 0. The van der Waals surface area contributed by atoms with Gasteiger partial charge in [-0.15, -0.1) is 0 Å². The highest BCUT2D eigenvalue weighted by atomic mass is 16.5. The summed E-state index contributed by atoms with van der Waals surface area (Å²) in [4.78, 5) is 17.0. The molecule has 1 aromatic rings. The first-order chi connectivity index (χ1) is 19.1. The predicted octanol–water partition coefficient (Wildman–Crippen LogP) is 4.80. The van der Waals surface area contributed by atoms with Crippen LogP contribution in [0.3, 0.4) is 0 Å². The monoisotopic (exact) mass is 547 g/mol. The van der Waals surface area contributed by atoms with Crippen LogP contribution in [0.2, 0.25) is 0 Å². The van der Waals surface area contributed by atoms with Crippen molar-refractivity contribution in [1.82, 2.24) is 4.90 Å². The Morgan fingerprint density at radius 3 is 2.40 bits per heavy atom. The Balaban J connectivity index is 1.35. The number of β-amino-alcohol motifs (C(OH)–C–C–N with tert-alkyl or cyclic N) is 1. The first kappa shape index (κ1) is 26.9. The zero-order chi connectivity index (χ0) is 28.0. The molecule has 1 unspecified atom stereocenters. The highest BCUT2D eigenvalue weighted by molar-refractivity contribution is 6.10. The number of ether oxygens (including phenoxy) is 2. The largest absolute Gasteiger partial charge is 0.497 e. The normalized spacial score (nSPS) is 45.8. The summed E-state index contributed by atoms with van der Waals surface area (Å²) in [5, 5.41) is 23.4. The van der Waals surface area contributed by atoms with Crippen LogP contribution in [0, 0.1) is 33.5 Å². The van der Waals surface area contributed by atoms with Crippen LogP contribution in [-0.4, -0.2) is 72.6 Å². The maximum absolute atomic E-state index is 14.6. The van der Waals surface area contributed by atoms with Crippen LogP contribution in [-0.2, 0) is 4.74 Å². The molecule has 0 radical (unpaired) electrons. The number of allylic oxidation sites excluding steroid dienone is 4. The molecule has 40 heavy (non-hydrogen) atoms.